The zero-order valence-electron chi connectivity index (χ0n) is 11.3. The topological polar surface area (TPSA) is 54.9 Å². The summed E-state index contributed by atoms with van der Waals surface area (Å²) in [5, 5.41) is 10.8. The highest BCUT2D eigenvalue weighted by molar-refractivity contribution is 6.18. The summed E-state index contributed by atoms with van der Waals surface area (Å²) < 4.78 is 0. The quantitative estimate of drug-likeness (QED) is 0.836. The second-order valence-electron chi connectivity index (χ2n) is 4.94. The van der Waals surface area contributed by atoms with Gasteiger partial charge in [-0.3, -0.25) is 4.79 Å². The molecular formula is C13H20ClN3O. The van der Waals surface area contributed by atoms with Crippen molar-refractivity contribution in [2.24, 2.45) is 5.92 Å². The molecule has 4 nitrogen and oxygen atoms in total. The summed E-state index contributed by atoms with van der Waals surface area (Å²) in [6, 6.07) is 1.74. The van der Waals surface area contributed by atoms with Crippen LogP contribution in [0.15, 0.2) is 6.07 Å². The number of nitrogens with one attached hydrogen (secondary N) is 1. The van der Waals surface area contributed by atoms with Crippen LogP contribution in [0.2, 0.25) is 0 Å². The number of carbonyl (C=O) groups is 1. The zero-order valence-corrected chi connectivity index (χ0v) is 12.1. The van der Waals surface area contributed by atoms with Crippen molar-refractivity contribution in [1.29, 1.82) is 0 Å². The van der Waals surface area contributed by atoms with E-state index in [2.05, 4.69) is 29.4 Å². The molecule has 0 saturated heterocycles. The van der Waals surface area contributed by atoms with Crippen LogP contribution in [0.5, 0.6) is 0 Å². The second kappa shape index (κ2) is 6.69. The van der Waals surface area contributed by atoms with Crippen LogP contribution >= 0.6 is 11.6 Å². The molecule has 1 aromatic heterocycles. The largest absolute Gasteiger partial charge is 0.348 e. The molecule has 0 saturated carbocycles. The SMILES string of the molecule is Cc1cc(C(=O)NC(CCl)CC(C)C)c(C)nn1. The van der Waals surface area contributed by atoms with Gasteiger partial charge in [0.25, 0.3) is 5.91 Å². The van der Waals surface area contributed by atoms with Crippen molar-refractivity contribution in [3.63, 3.8) is 0 Å². The van der Waals surface area contributed by atoms with Gasteiger partial charge < -0.3 is 5.32 Å². The number of nitrogens with zero attached hydrogens (tertiary/aromatic N) is 2. The van der Waals surface area contributed by atoms with Gasteiger partial charge >= 0.3 is 0 Å². The maximum absolute atomic E-state index is 12.1. The smallest absolute Gasteiger partial charge is 0.253 e. The Morgan fingerprint density at radius 1 is 1.39 bits per heavy atom. The summed E-state index contributed by atoms with van der Waals surface area (Å²) >= 11 is 5.87. The summed E-state index contributed by atoms with van der Waals surface area (Å²) in [5.74, 6) is 0.782. The first-order valence-corrected chi connectivity index (χ1v) is 6.65. The lowest BCUT2D eigenvalue weighted by molar-refractivity contribution is 0.0935. The van der Waals surface area contributed by atoms with Crippen LogP contribution in [0, 0.1) is 19.8 Å². The number of aryl methyl sites for hydroxylation is 2. The average molecular weight is 270 g/mol. The Kier molecular flexibility index (Phi) is 5.54. The molecule has 0 radical (unpaired) electrons. The van der Waals surface area contributed by atoms with Crippen LogP contribution in [0.1, 0.15) is 42.0 Å². The molecule has 100 valence electrons. The molecule has 0 aliphatic rings. The van der Waals surface area contributed by atoms with Gasteiger partial charge in [0.05, 0.1) is 17.0 Å². The molecule has 0 fully saturated rings. The van der Waals surface area contributed by atoms with Crippen molar-refractivity contribution in [2.45, 2.75) is 40.2 Å². The minimum absolute atomic E-state index is 0.00737. The highest BCUT2D eigenvalue weighted by Gasteiger charge is 2.16. The highest BCUT2D eigenvalue weighted by atomic mass is 35.5. The monoisotopic (exact) mass is 269 g/mol. The minimum Gasteiger partial charge on any atom is -0.348 e. The number of halogens is 1. The Bertz CT molecular complexity index is 421. The lowest BCUT2D eigenvalue weighted by Gasteiger charge is -2.18. The van der Waals surface area contributed by atoms with E-state index in [0.29, 0.717) is 23.1 Å². The average Bonchev–Trinajstić information content (AvgIpc) is 2.30. The molecule has 1 heterocycles. The standard InChI is InChI=1S/C13H20ClN3O/c1-8(2)5-11(7-14)15-13(18)12-6-9(3)16-17-10(12)4/h6,8,11H,5,7H2,1-4H3,(H,15,18). The number of hydrogen-bond donors (Lipinski definition) is 1. The number of alkyl halides is 1. The first-order valence-electron chi connectivity index (χ1n) is 6.11. The first kappa shape index (κ1) is 14.9. The zero-order chi connectivity index (χ0) is 13.7. The van der Waals surface area contributed by atoms with Crippen molar-refractivity contribution in [3.05, 3.63) is 23.0 Å². The fourth-order valence-corrected chi connectivity index (χ4v) is 1.98. The molecule has 1 rings (SSSR count). The fraction of sp³-hybridized carbons (Fsp3) is 0.615. The van der Waals surface area contributed by atoms with Crippen LogP contribution in [-0.4, -0.2) is 28.0 Å². The summed E-state index contributed by atoms with van der Waals surface area (Å²) in [7, 11) is 0. The predicted octanol–water partition coefficient (Wildman–Crippen LogP) is 2.48. The second-order valence-corrected chi connectivity index (χ2v) is 5.25. The van der Waals surface area contributed by atoms with Gasteiger partial charge in [0.2, 0.25) is 0 Å². The number of rotatable bonds is 5. The van der Waals surface area contributed by atoms with E-state index < -0.39 is 0 Å². The molecule has 1 unspecified atom stereocenters. The van der Waals surface area contributed by atoms with Crippen molar-refractivity contribution in [1.82, 2.24) is 15.5 Å². The van der Waals surface area contributed by atoms with E-state index in [9.17, 15) is 4.79 Å². The van der Waals surface area contributed by atoms with Gasteiger partial charge in [0.15, 0.2) is 0 Å². The molecule has 0 spiro atoms. The van der Waals surface area contributed by atoms with Gasteiger partial charge in [0.1, 0.15) is 0 Å². The summed E-state index contributed by atoms with van der Waals surface area (Å²) in [4.78, 5) is 12.1. The van der Waals surface area contributed by atoms with E-state index in [1.807, 2.05) is 6.92 Å². The maximum atomic E-state index is 12.1. The van der Waals surface area contributed by atoms with E-state index in [-0.39, 0.29) is 11.9 Å². The number of aromatic nitrogens is 2. The summed E-state index contributed by atoms with van der Waals surface area (Å²) in [6.45, 7) is 7.81. The van der Waals surface area contributed by atoms with E-state index in [1.165, 1.54) is 0 Å². The predicted molar refractivity (Wildman–Crippen MR) is 72.9 cm³/mol. The van der Waals surface area contributed by atoms with Gasteiger partial charge in [-0.25, -0.2) is 0 Å². The van der Waals surface area contributed by atoms with Crippen molar-refractivity contribution in [3.8, 4) is 0 Å². The van der Waals surface area contributed by atoms with Gasteiger partial charge in [0, 0.05) is 11.9 Å². The van der Waals surface area contributed by atoms with Crippen LogP contribution in [0.25, 0.3) is 0 Å². The fourth-order valence-electron chi connectivity index (χ4n) is 1.77. The van der Waals surface area contributed by atoms with Gasteiger partial charge in [-0.1, -0.05) is 13.8 Å². The molecular weight excluding hydrogens is 250 g/mol. The molecule has 1 N–H and O–H groups in total. The molecule has 18 heavy (non-hydrogen) atoms. The van der Waals surface area contributed by atoms with Crippen molar-refractivity contribution in [2.75, 3.05) is 5.88 Å². The third-order valence-corrected chi connectivity index (χ3v) is 3.00. The Hall–Kier alpha value is -1.16. The summed E-state index contributed by atoms with van der Waals surface area (Å²) in [5.41, 5.74) is 1.94. The van der Waals surface area contributed by atoms with E-state index in [4.69, 9.17) is 11.6 Å². The van der Waals surface area contributed by atoms with Crippen molar-refractivity contribution >= 4 is 17.5 Å². The normalized spacial score (nSPS) is 12.6. The molecule has 0 aliphatic carbocycles. The van der Waals surface area contributed by atoms with E-state index in [1.54, 1.807) is 13.0 Å². The molecule has 1 amide bonds. The minimum atomic E-state index is -0.128. The molecule has 0 aliphatic heterocycles. The molecule has 1 atom stereocenters. The molecule has 5 heteroatoms. The van der Waals surface area contributed by atoms with Crippen molar-refractivity contribution < 1.29 is 4.79 Å². The lowest BCUT2D eigenvalue weighted by atomic mass is 10.0. The Labute approximate surface area is 113 Å². The molecule has 0 aromatic carbocycles. The van der Waals surface area contributed by atoms with Crippen LogP contribution in [0.4, 0.5) is 0 Å². The lowest BCUT2D eigenvalue weighted by Crippen LogP contribution is -2.37. The third kappa shape index (κ3) is 4.26. The van der Waals surface area contributed by atoms with Gasteiger partial charge in [-0.05, 0) is 32.3 Å². The van der Waals surface area contributed by atoms with Crippen LogP contribution in [0.3, 0.4) is 0 Å². The third-order valence-electron chi connectivity index (χ3n) is 2.62. The highest BCUT2D eigenvalue weighted by Crippen LogP contribution is 2.09. The van der Waals surface area contributed by atoms with Gasteiger partial charge in [-0.2, -0.15) is 10.2 Å². The van der Waals surface area contributed by atoms with E-state index in [0.717, 1.165) is 12.1 Å². The number of hydrogen-bond acceptors (Lipinski definition) is 3. The first-order chi connectivity index (χ1) is 8.43. The Morgan fingerprint density at radius 3 is 2.61 bits per heavy atom. The summed E-state index contributed by atoms with van der Waals surface area (Å²) in [6.07, 6.45) is 0.867. The number of amides is 1. The van der Waals surface area contributed by atoms with Gasteiger partial charge in [-0.15, -0.1) is 11.6 Å². The molecule has 0 bridgehead atoms. The van der Waals surface area contributed by atoms with Crippen LogP contribution < -0.4 is 5.32 Å². The Balaban J connectivity index is 2.77. The van der Waals surface area contributed by atoms with Crippen LogP contribution in [-0.2, 0) is 0 Å². The van der Waals surface area contributed by atoms with E-state index >= 15 is 0 Å². The number of carbonyl (C=O) groups excluding carboxylic acids is 1. The Morgan fingerprint density at radius 2 is 2.06 bits per heavy atom. The maximum Gasteiger partial charge on any atom is 0.253 e. The molecule has 1 aromatic rings.